The number of benzene rings is 2. The number of nitrogen functional groups attached to an aromatic ring is 2. The van der Waals surface area contributed by atoms with E-state index in [2.05, 4.69) is 32.7 Å². The molecule has 2 aliphatic rings. The Balaban J connectivity index is 0.000000186. The normalized spacial score (nSPS) is 15.2. The lowest BCUT2D eigenvalue weighted by Gasteiger charge is -2.09. The molecule has 4 aromatic heterocycles. The number of anilines is 2. The molecule has 316 valence electrons. The zero-order valence-corrected chi connectivity index (χ0v) is 37.2. The van der Waals surface area contributed by atoms with E-state index in [1.165, 1.54) is 46.0 Å². The summed E-state index contributed by atoms with van der Waals surface area (Å²) in [4.78, 5) is 59.1. The monoisotopic (exact) mass is 902 g/mol. The Bertz CT molecular complexity index is 2520. The highest BCUT2D eigenvalue weighted by molar-refractivity contribution is 7.17. The summed E-state index contributed by atoms with van der Waals surface area (Å²) in [5, 5.41) is 7.44. The molecule has 14 heteroatoms. The SMILES string of the molecule is CC(=O)c1ccc(-c2cc(Cl)c3c(c2)C[C@@H](CNC(=O)/C=C/c2ccc(N)nc2)C3)s1.CC(=O)c1ccc(-c2cc(Cl)c3c(c2)C[C@H](CNC(=O)/C=C/c2ccc(N)nc2)C3)s1. The average molecular weight is 904 g/mol. The van der Waals surface area contributed by atoms with Crippen LogP contribution >= 0.6 is 45.9 Å². The molecule has 0 spiro atoms. The topological polar surface area (TPSA) is 170 Å². The molecule has 6 aromatic rings. The maximum Gasteiger partial charge on any atom is 0.244 e. The van der Waals surface area contributed by atoms with Gasteiger partial charge in [-0.3, -0.25) is 19.2 Å². The predicted molar refractivity (Wildman–Crippen MR) is 253 cm³/mol. The fourth-order valence-corrected chi connectivity index (χ4v) is 9.88. The number of pyridine rings is 2. The maximum absolute atomic E-state index is 12.2. The van der Waals surface area contributed by atoms with Crippen LogP contribution in [0.4, 0.5) is 11.6 Å². The highest BCUT2D eigenvalue weighted by Gasteiger charge is 2.26. The van der Waals surface area contributed by atoms with Crippen LogP contribution in [0.2, 0.25) is 10.0 Å². The molecule has 0 saturated carbocycles. The first-order valence-corrected chi connectivity index (χ1v) is 22.4. The van der Waals surface area contributed by atoms with Gasteiger partial charge in [-0.2, -0.15) is 0 Å². The smallest absolute Gasteiger partial charge is 0.244 e. The van der Waals surface area contributed by atoms with Gasteiger partial charge in [0.05, 0.1) is 9.75 Å². The van der Waals surface area contributed by atoms with Crippen LogP contribution in [0.5, 0.6) is 0 Å². The molecule has 0 saturated heterocycles. The summed E-state index contributed by atoms with van der Waals surface area (Å²) in [6.07, 6.45) is 13.1. The summed E-state index contributed by atoms with van der Waals surface area (Å²) in [5.41, 5.74) is 19.6. The molecule has 2 amide bonds. The van der Waals surface area contributed by atoms with Crippen molar-refractivity contribution in [2.45, 2.75) is 39.5 Å². The molecule has 62 heavy (non-hydrogen) atoms. The third-order valence-electron chi connectivity index (χ3n) is 10.7. The number of carbonyl (C=O) groups is 4. The fourth-order valence-electron chi connectivity index (χ4n) is 7.47. The van der Waals surface area contributed by atoms with Crippen LogP contribution in [0.15, 0.2) is 97.3 Å². The van der Waals surface area contributed by atoms with Crippen LogP contribution in [0, 0.1) is 11.8 Å². The van der Waals surface area contributed by atoms with Gasteiger partial charge in [0.2, 0.25) is 11.8 Å². The van der Waals surface area contributed by atoms with Crippen molar-refractivity contribution in [1.82, 2.24) is 20.6 Å². The van der Waals surface area contributed by atoms with Crippen LogP contribution in [0.1, 0.15) is 66.6 Å². The van der Waals surface area contributed by atoms with Gasteiger partial charge < -0.3 is 22.1 Å². The van der Waals surface area contributed by atoms with Crippen molar-refractivity contribution in [3.05, 3.63) is 151 Å². The number of Topliss-reactive ketones (excluding diaryl/α,β-unsaturated/α-hetero) is 2. The highest BCUT2D eigenvalue weighted by Crippen LogP contribution is 2.40. The Hall–Kier alpha value is -5.92. The Morgan fingerprint density at radius 3 is 1.40 bits per heavy atom. The predicted octanol–water partition coefficient (Wildman–Crippen LogP) is 9.59. The highest BCUT2D eigenvalue weighted by atomic mass is 35.5. The van der Waals surface area contributed by atoms with E-state index < -0.39 is 0 Å². The molecule has 0 radical (unpaired) electrons. The molecule has 0 bridgehead atoms. The Kier molecular flexibility index (Phi) is 14.1. The van der Waals surface area contributed by atoms with E-state index in [4.69, 9.17) is 34.7 Å². The lowest BCUT2D eigenvalue weighted by Crippen LogP contribution is -2.28. The van der Waals surface area contributed by atoms with Gasteiger partial charge in [-0.25, -0.2) is 9.97 Å². The number of hydrogen-bond donors (Lipinski definition) is 4. The third-order valence-corrected chi connectivity index (χ3v) is 13.8. The van der Waals surface area contributed by atoms with Gasteiger partial charge >= 0.3 is 0 Å². The van der Waals surface area contributed by atoms with E-state index in [1.54, 1.807) is 50.5 Å². The fraction of sp³-hybridized carbons (Fsp3) is 0.208. The van der Waals surface area contributed by atoms with E-state index in [1.807, 2.05) is 48.5 Å². The number of halogens is 2. The number of fused-ring (bicyclic) bond motifs is 2. The molecule has 8 rings (SSSR count). The van der Waals surface area contributed by atoms with Gasteiger partial charge in [-0.05, 0) is 181 Å². The number of amides is 2. The molecule has 2 aliphatic carbocycles. The van der Waals surface area contributed by atoms with Crippen LogP contribution in [0.25, 0.3) is 33.0 Å². The first kappa shape index (κ1) is 44.1. The van der Waals surface area contributed by atoms with E-state index in [-0.39, 0.29) is 23.4 Å². The number of ketones is 2. The van der Waals surface area contributed by atoms with Gasteiger partial charge in [-0.1, -0.05) is 23.2 Å². The van der Waals surface area contributed by atoms with Crippen molar-refractivity contribution >= 4 is 93.0 Å². The number of carbonyl (C=O) groups excluding carboxylic acids is 4. The lowest BCUT2D eigenvalue weighted by atomic mass is 10.1. The van der Waals surface area contributed by atoms with Gasteiger partial charge in [0, 0.05) is 57.4 Å². The van der Waals surface area contributed by atoms with Crippen LogP contribution in [-0.4, -0.2) is 46.4 Å². The first-order chi connectivity index (χ1) is 29.8. The zero-order valence-electron chi connectivity index (χ0n) is 34.0. The second kappa shape index (κ2) is 19.9. The average Bonchev–Trinajstić information content (AvgIpc) is 4.08. The number of thiophene rings is 2. The molecule has 4 heterocycles. The van der Waals surface area contributed by atoms with E-state index >= 15 is 0 Å². The van der Waals surface area contributed by atoms with Gasteiger partial charge in [0.25, 0.3) is 0 Å². The van der Waals surface area contributed by atoms with Crippen LogP contribution < -0.4 is 22.1 Å². The van der Waals surface area contributed by atoms with E-state index in [0.29, 0.717) is 36.6 Å². The van der Waals surface area contributed by atoms with E-state index in [0.717, 1.165) is 88.6 Å². The number of nitrogens with two attached hydrogens (primary N) is 2. The van der Waals surface area contributed by atoms with Crippen LogP contribution in [0.3, 0.4) is 0 Å². The number of nitrogens with one attached hydrogen (secondary N) is 2. The molecule has 2 aromatic carbocycles. The van der Waals surface area contributed by atoms with Crippen molar-refractivity contribution in [1.29, 1.82) is 0 Å². The van der Waals surface area contributed by atoms with Crippen molar-refractivity contribution in [3.8, 4) is 20.9 Å². The standard InChI is InChI=1S/2C24H22ClN3O2S/c2*1-14(29)21-4-5-22(31-21)18-10-17-8-16(9-19(17)20(25)11-18)13-28-24(30)7-3-15-2-6-23(26)27-12-15/h2*2-7,10-12,16H,8-9,13H2,1H3,(H2,26,27)(H,28,30)/b2*7-3+/t2*16-/m10/s1. The Labute approximate surface area is 378 Å². The molecule has 0 aliphatic heterocycles. The molecule has 0 fully saturated rings. The summed E-state index contributed by atoms with van der Waals surface area (Å²) < 4.78 is 0. The van der Waals surface area contributed by atoms with Crippen molar-refractivity contribution < 1.29 is 19.2 Å². The molecule has 0 unspecified atom stereocenters. The summed E-state index contributed by atoms with van der Waals surface area (Å²) in [6, 6.07) is 22.9. The number of rotatable bonds is 12. The molecular formula is C48H44Cl2N6O4S2. The van der Waals surface area contributed by atoms with Crippen LogP contribution in [-0.2, 0) is 35.3 Å². The van der Waals surface area contributed by atoms with E-state index in [9.17, 15) is 19.2 Å². The van der Waals surface area contributed by atoms with Crippen molar-refractivity contribution in [2.75, 3.05) is 24.6 Å². The van der Waals surface area contributed by atoms with Gasteiger partial charge in [0.15, 0.2) is 11.6 Å². The molecule has 2 atom stereocenters. The Morgan fingerprint density at radius 2 is 1.05 bits per heavy atom. The van der Waals surface area contributed by atoms with Gasteiger partial charge in [-0.15, -0.1) is 22.7 Å². The number of nitrogens with zero attached hydrogens (tertiary/aromatic N) is 2. The summed E-state index contributed by atoms with van der Waals surface area (Å²) in [7, 11) is 0. The largest absolute Gasteiger partial charge is 0.384 e. The molecule has 6 N–H and O–H groups in total. The number of aromatic nitrogens is 2. The van der Waals surface area contributed by atoms with Gasteiger partial charge in [0.1, 0.15) is 11.6 Å². The maximum atomic E-state index is 12.2. The molecular weight excluding hydrogens is 860 g/mol. The third kappa shape index (κ3) is 11.3. The minimum atomic E-state index is -0.144. The van der Waals surface area contributed by atoms with Crippen molar-refractivity contribution in [2.24, 2.45) is 11.8 Å². The van der Waals surface area contributed by atoms with Crippen molar-refractivity contribution in [3.63, 3.8) is 0 Å². The second-order valence-corrected chi connectivity index (χ2v) is 18.4. The molecule has 10 nitrogen and oxygen atoms in total. The first-order valence-electron chi connectivity index (χ1n) is 20.0. The zero-order chi connectivity index (χ0) is 43.9. The lowest BCUT2D eigenvalue weighted by molar-refractivity contribution is -0.117. The minimum absolute atomic E-state index is 0.0704. The minimum Gasteiger partial charge on any atom is -0.384 e. The summed E-state index contributed by atoms with van der Waals surface area (Å²) >= 11 is 16.1. The summed E-state index contributed by atoms with van der Waals surface area (Å²) in [6.45, 7) is 4.31. The number of hydrogen-bond acceptors (Lipinski definition) is 10. The quantitative estimate of drug-likeness (QED) is 0.0695. The summed E-state index contributed by atoms with van der Waals surface area (Å²) in [5.74, 6) is 1.35. The second-order valence-electron chi connectivity index (χ2n) is 15.4. The Morgan fingerprint density at radius 1 is 0.629 bits per heavy atom.